The minimum absolute atomic E-state index is 0.225. The Bertz CT molecular complexity index is 928. The van der Waals surface area contributed by atoms with Crippen LogP contribution in [0, 0.1) is 0 Å². The third-order valence-electron chi connectivity index (χ3n) is 4.97. The number of para-hydroxylation sites is 1. The van der Waals surface area contributed by atoms with Crippen LogP contribution in [-0.2, 0) is 4.74 Å². The third kappa shape index (κ3) is 2.97. The van der Waals surface area contributed by atoms with Gasteiger partial charge in [0.25, 0.3) is 0 Å². The summed E-state index contributed by atoms with van der Waals surface area (Å²) in [6, 6.07) is 8.74. The highest BCUT2D eigenvalue weighted by molar-refractivity contribution is 6.07. The van der Waals surface area contributed by atoms with E-state index >= 15 is 0 Å². The molecule has 1 N–H and O–H groups in total. The number of rotatable bonds is 4. The van der Waals surface area contributed by atoms with E-state index in [4.69, 9.17) is 14.2 Å². The number of aromatic hydroxyl groups is 1. The molecule has 0 spiro atoms. The van der Waals surface area contributed by atoms with Crippen molar-refractivity contribution in [3.8, 4) is 17.2 Å². The van der Waals surface area contributed by atoms with Crippen molar-refractivity contribution < 1.29 is 24.1 Å². The Hall–Kier alpha value is -3.15. The molecule has 2 aliphatic heterocycles. The summed E-state index contributed by atoms with van der Waals surface area (Å²) in [5.41, 5.74) is 2.66. The fourth-order valence-corrected chi connectivity index (χ4v) is 3.66. The SMILES string of the molecule is COc1cc2c(cc1OC)/C(=C\c1cccc(O)c1N1CCCC1)OC2=O. The zero-order valence-electron chi connectivity index (χ0n) is 15.3. The standard InChI is InChI=1S/C21H21NO5/c1-25-18-11-14-15(12-19(18)26-2)21(24)27-17(14)10-13-6-5-7-16(23)20(13)22-8-3-4-9-22/h5-7,10-12,23H,3-4,8-9H2,1-2H3/b17-10+. The molecule has 2 heterocycles. The molecule has 0 bridgehead atoms. The first-order valence-corrected chi connectivity index (χ1v) is 8.89. The van der Waals surface area contributed by atoms with E-state index in [1.54, 1.807) is 37.5 Å². The Morgan fingerprint density at radius 3 is 2.41 bits per heavy atom. The second kappa shape index (κ2) is 6.87. The van der Waals surface area contributed by atoms with Crippen LogP contribution in [0.1, 0.15) is 34.3 Å². The van der Waals surface area contributed by atoms with Gasteiger partial charge in [-0.15, -0.1) is 0 Å². The van der Waals surface area contributed by atoms with Gasteiger partial charge in [-0.1, -0.05) is 12.1 Å². The summed E-state index contributed by atoms with van der Waals surface area (Å²) < 4.78 is 16.1. The van der Waals surface area contributed by atoms with Crippen LogP contribution in [0.4, 0.5) is 5.69 Å². The van der Waals surface area contributed by atoms with Crippen molar-refractivity contribution in [3.05, 3.63) is 47.0 Å². The van der Waals surface area contributed by atoms with Gasteiger partial charge in [0.1, 0.15) is 11.5 Å². The topological polar surface area (TPSA) is 68.2 Å². The fraction of sp³-hybridized carbons (Fsp3) is 0.286. The van der Waals surface area contributed by atoms with Crippen molar-refractivity contribution in [2.75, 3.05) is 32.2 Å². The third-order valence-corrected chi connectivity index (χ3v) is 4.97. The highest BCUT2D eigenvalue weighted by Crippen LogP contribution is 2.41. The summed E-state index contributed by atoms with van der Waals surface area (Å²) in [5.74, 6) is 1.23. The van der Waals surface area contributed by atoms with Crippen LogP contribution in [-0.4, -0.2) is 38.4 Å². The van der Waals surface area contributed by atoms with E-state index in [0.29, 0.717) is 28.4 Å². The monoisotopic (exact) mass is 367 g/mol. The number of benzene rings is 2. The maximum atomic E-state index is 12.3. The number of fused-ring (bicyclic) bond motifs is 1. The lowest BCUT2D eigenvalue weighted by Crippen LogP contribution is -2.18. The second-order valence-corrected chi connectivity index (χ2v) is 6.56. The Labute approximate surface area is 157 Å². The molecule has 0 amide bonds. The van der Waals surface area contributed by atoms with Gasteiger partial charge in [-0.2, -0.15) is 0 Å². The molecule has 4 rings (SSSR count). The predicted octanol–water partition coefficient (Wildman–Crippen LogP) is 3.68. The number of phenols is 1. The van der Waals surface area contributed by atoms with Gasteiger partial charge in [-0.05, 0) is 37.1 Å². The molecule has 1 saturated heterocycles. The molecule has 0 unspecified atom stereocenters. The van der Waals surface area contributed by atoms with Crippen molar-refractivity contribution in [1.29, 1.82) is 0 Å². The highest BCUT2D eigenvalue weighted by atomic mass is 16.5. The number of cyclic esters (lactones) is 1. The van der Waals surface area contributed by atoms with Crippen molar-refractivity contribution >= 4 is 23.5 Å². The molecule has 6 heteroatoms. The molecule has 27 heavy (non-hydrogen) atoms. The summed E-state index contributed by atoms with van der Waals surface area (Å²) in [7, 11) is 3.07. The fourth-order valence-electron chi connectivity index (χ4n) is 3.66. The molecule has 140 valence electrons. The zero-order chi connectivity index (χ0) is 19.0. The first-order chi connectivity index (χ1) is 13.1. The van der Waals surface area contributed by atoms with Gasteiger partial charge in [0.05, 0.1) is 25.5 Å². The summed E-state index contributed by atoms with van der Waals surface area (Å²) in [6.07, 6.45) is 3.99. The molecular weight excluding hydrogens is 346 g/mol. The van der Waals surface area contributed by atoms with Crippen molar-refractivity contribution in [3.63, 3.8) is 0 Å². The van der Waals surface area contributed by atoms with E-state index in [-0.39, 0.29) is 5.75 Å². The van der Waals surface area contributed by atoms with Crippen LogP contribution in [0.15, 0.2) is 30.3 Å². The maximum absolute atomic E-state index is 12.3. The second-order valence-electron chi connectivity index (χ2n) is 6.56. The van der Waals surface area contributed by atoms with Gasteiger partial charge in [0, 0.05) is 24.2 Å². The molecule has 0 aliphatic carbocycles. The van der Waals surface area contributed by atoms with Crippen LogP contribution in [0.2, 0.25) is 0 Å². The molecule has 6 nitrogen and oxygen atoms in total. The number of hydrogen-bond acceptors (Lipinski definition) is 6. The molecule has 0 radical (unpaired) electrons. The summed E-state index contributed by atoms with van der Waals surface area (Å²) in [4.78, 5) is 14.5. The van der Waals surface area contributed by atoms with Gasteiger partial charge in [-0.25, -0.2) is 4.79 Å². The molecular formula is C21H21NO5. The molecule has 2 aliphatic rings. The quantitative estimate of drug-likeness (QED) is 0.832. The number of phenolic OH excluding ortho intramolecular Hbond substituents is 1. The van der Waals surface area contributed by atoms with Crippen LogP contribution < -0.4 is 14.4 Å². The Balaban J connectivity index is 1.82. The van der Waals surface area contributed by atoms with Crippen LogP contribution >= 0.6 is 0 Å². The van der Waals surface area contributed by atoms with E-state index in [9.17, 15) is 9.90 Å². The first kappa shape index (κ1) is 17.3. The van der Waals surface area contributed by atoms with Crippen molar-refractivity contribution in [2.45, 2.75) is 12.8 Å². The lowest BCUT2D eigenvalue weighted by molar-refractivity contribution is 0.0717. The molecule has 0 atom stereocenters. The van der Waals surface area contributed by atoms with E-state index in [1.165, 1.54) is 7.11 Å². The van der Waals surface area contributed by atoms with Gasteiger partial charge in [0.15, 0.2) is 11.5 Å². The lowest BCUT2D eigenvalue weighted by atomic mass is 10.0. The normalized spacial score (nSPS) is 17.2. The molecule has 0 saturated carbocycles. The number of ether oxygens (including phenoxy) is 3. The van der Waals surface area contributed by atoms with Crippen molar-refractivity contribution in [2.24, 2.45) is 0 Å². The minimum atomic E-state index is -0.430. The van der Waals surface area contributed by atoms with Gasteiger partial charge < -0.3 is 24.2 Å². The Kier molecular flexibility index (Phi) is 4.39. The van der Waals surface area contributed by atoms with E-state index < -0.39 is 5.97 Å². The number of carbonyl (C=O) groups excluding carboxylic acids is 1. The first-order valence-electron chi connectivity index (χ1n) is 8.89. The number of carbonyl (C=O) groups is 1. The van der Waals surface area contributed by atoms with E-state index in [1.807, 2.05) is 6.07 Å². The Morgan fingerprint density at radius 2 is 1.74 bits per heavy atom. The lowest BCUT2D eigenvalue weighted by Gasteiger charge is -2.21. The zero-order valence-corrected chi connectivity index (χ0v) is 15.3. The maximum Gasteiger partial charge on any atom is 0.344 e. The van der Waals surface area contributed by atoms with Gasteiger partial charge in [0.2, 0.25) is 0 Å². The largest absolute Gasteiger partial charge is 0.506 e. The van der Waals surface area contributed by atoms with Gasteiger partial charge in [-0.3, -0.25) is 0 Å². The molecule has 2 aromatic rings. The molecule has 1 fully saturated rings. The van der Waals surface area contributed by atoms with Crippen molar-refractivity contribution in [1.82, 2.24) is 0 Å². The van der Waals surface area contributed by atoms with E-state index in [2.05, 4.69) is 4.90 Å². The molecule has 2 aromatic carbocycles. The number of methoxy groups -OCH3 is 2. The average Bonchev–Trinajstić information content (AvgIpc) is 3.29. The smallest absolute Gasteiger partial charge is 0.344 e. The van der Waals surface area contributed by atoms with Crippen LogP contribution in [0.25, 0.3) is 11.8 Å². The number of hydrogen-bond donors (Lipinski definition) is 1. The summed E-state index contributed by atoms with van der Waals surface area (Å²) in [6.45, 7) is 1.80. The minimum Gasteiger partial charge on any atom is -0.506 e. The number of nitrogens with zero attached hydrogens (tertiary/aromatic N) is 1. The predicted molar refractivity (Wildman–Crippen MR) is 102 cm³/mol. The highest BCUT2D eigenvalue weighted by Gasteiger charge is 2.30. The summed E-state index contributed by atoms with van der Waals surface area (Å²) in [5, 5.41) is 10.4. The average molecular weight is 367 g/mol. The van der Waals surface area contributed by atoms with E-state index in [0.717, 1.165) is 37.2 Å². The number of anilines is 1. The Morgan fingerprint density at radius 1 is 1.07 bits per heavy atom. The van der Waals surface area contributed by atoms with Crippen LogP contribution in [0.5, 0.6) is 17.2 Å². The summed E-state index contributed by atoms with van der Waals surface area (Å²) >= 11 is 0. The number of esters is 1. The van der Waals surface area contributed by atoms with Gasteiger partial charge >= 0.3 is 5.97 Å². The molecule has 0 aromatic heterocycles. The van der Waals surface area contributed by atoms with Crippen LogP contribution in [0.3, 0.4) is 0 Å².